The lowest BCUT2D eigenvalue weighted by atomic mass is 9.96. The number of para-hydroxylation sites is 1. The number of rotatable bonds is 6. The summed E-state index contributed by atoms with van der Waals surface area (Å²) in [4.78, 5) is 16.9. The Kier molecular flexibility index (Phi) is 6.11. The molecule has 1 aliphatic rings. The maximum atomic E-state index is 12.9. The highest BCUT2D eigenvalue weighted by Crippen LogP contribution is 2.27. The quantitative estimate of drug-likeness (QED) is 0.775. The van der Waals surface area contributed by atoms with E-state index in [9.17, 15) is 4.79 Å². The Morgan fingerprint density at radius 3 is 2.81 bits per heavy atom. The zero-order chi connectivity index (χ0) is 19.4. The first-order chi connectivity index (χ1) is 13.0. The minimum Gasteiger partial charge on any atom is -0.496 e. The fourth-order valence-corrected chi connectivity index (χ4v) is 3.69. The van der Waals surface area contributed by atoms with Crippen LogP contribution in [0.15, 0.2) is 24.3 Å². The molecule has 146 valence electrons. The SMILES string of the molecule is COc1ccccc1CC(=O)N1CCC[C@@H](c2nnc(CN(C)C)n2C)C1. The molecule has 2 aromatic rings. The van der Waals surface area contributed by atoms with Crippen LogP contribution in [0.5, 0.6) is 5.75 Å². The van der Waals surface area contributed by atoms with Gasteiger partial charge < -0.3 is 19.1 Å². The molecule has 1 saturated heterocycles. The van der Waals surface area contributed by atoms with Gasteiger partial charge in [-0.2, -0.15) is 0 Å². The van der Waals surface area contributed by atoms with Crippen molar-refractivity contribution in [2.24, 2.45) is 7.05 Å². The van der Waals surface area contributed by atoms with Gasteiger partial charge in [0.1, 0.15) is 17.4 Å². The highest BCUT2D eigenvalue weighted by molar-refractivity contribution is 5.79. The monoisotopic (exact) mass is 371 g/mol. The second kappa shape index (κ2) is 8.52. The van der Waals surface area contributed by atoms with Crippen LogP contribution in [0, 0.1) is 0 Å². The summed E-state index contributed by atoms with van der Waals surface area (Å²) < 4.78 is 7.46. The molecule has 1 aliphatic heterocycles. The number of hydrogen-bond acceptors (Lipinski definition) is 5. The van der Waals surface area contributed by atoms with Gasteiger partial charge in [-0.1, -0.05) is 18.2 Å². The van der Waals surface area contributed by atoms with E-state index in [-0.39, 0.29) is 11.8 Å². The van der Waals surface area contributed by atoms with E-state index >= 15 is 0 Å². The molecule has 1 aromatic heterocycles. The summed E-state index contributed by atoms with van der Waals surface area (Å²) >= 11 is 0. The van der Waals surface area contributed by atoms with Crippen molar-refractivity contribution in [2.45, 2.75) is 31.7 Å². The molecule has 27 heavy (non-hydrogen) atoms. The lowest BCUT2D eigenvalue weighted by Crippen LogP contribution is -2.40. The van der Waals surface area contributed by atoms with Crippen molar-refractivity contribution in [3.05, 3.63) is 41.5 Å². The number of carbonyl (C=O) groups excluding carboxylic acids is 1. The fraction of sp³-hybridized carbons (Fsp3) is 0.550. The summed E-state index contributed by atoms with van der Waals surface area (Å²) in [6.45, 7) is 2.25. The zero-order valence-electron chi connectivity index (χ0n) is 16.7. The first-order valence-electron chi connectivity index (χ1n) is 9.42. The van der Waals surface area contributed by atoms with Crippen molar-refractivity contribution >= 4 is 5.91 Å². The van der Waals surface area contributed by atoms with E-state index in [0.29, 0.717) is 13.0 Å². The van der Waals surface area contributed by atoms with Gasteiger partial charge >= 0.3 is 0 Å². The van der Waals surface area contributed by atoms with Gasteiger partial charge in [0.15, 0.2) is 0 Å². The maximum absolute atomic E-state index is 12.9. The largest absolute Gasteiger partial charge is 0.496 e. The predicted octanol–water partition coefficient (Wildman–Crippen LogP) is 1.83. The molecule has 1 aromatic carbocycles. The number of carbonyl (C=O) groups is 1. The van der Waals surface area contributed by atoms with Crippen LogP contribution in [0.2, 0.25) is 0 Å². The normalized spacial score (nSPS) is 17.4. The molecular formula is C20H29N5O2. The molecule has 0 spiro atoms. The summed E-state index contributed by atoms with van der Waals surface area (Å²) in [5, 5.41) is 8.77. The van der Waals surface area contributed by atoms with Crippen LogP contribution < -0.4 is 4.74 Å². The highest BCUT2D eigenvalue weighted by Gasteiger charge is 2.28. The first-order valence-corrected chi connectivity index (χ1v) is 9.42. The molecule has 0 N–H and O–H groups in total. The maximum Gasteiger partial charge on any atom is 0.227 e. The van der Waals surface area contributed by atoms with Crippen LogP contribution in [0.4, 0.5) is 0 Å². The first kappa shape index (κ1) is 19.4. The van der Waals surface area contributed by atoms with Gasteiger partial charge in [-0.05, 0) is 33.0 Å². The molecule has 1 atom stereocenters. The standard InChI is InChI=1S/C20H29N5O2/c1-23(2)14-18-21-22-20(24(18)3)16-9-7-11-25(13-16)19(26)12-15-8-5-6-10-17(15)27-4/h5-6,8,10,16H,7,9,11-14H2,1-4H3/t16-/m1/s1. The van der Waals surface area contributed by atoms with Crippen LogP contribution >= 0.6 is 0 Å². The summed E-state index contributed by atoms with van der Waals surface area (Å²) in [6.07, 6.45) is 2.38. The van der Waals surface area contributed by atoms with Gasteiger partial charge in [0, 0.05) is 31.6 Å². The van der Waals surface area contributed by atoms with Crippen molar-refractivity contribution in [1.29, 1.82) is 0 Å². The van der Waals surface area contributed by atoms with Gasteiger partial charge in [-0.3, -0.25) is 4.79 Å². The van der Waals surface area contributed by atoms with E-state index < -0.39 is 0 Å². The number of hydrogen-bond donors (Lipinski definition) is 0. The Morgan fingerprint density at radius 2 is 2.07 bits per heavy atom. The van der Waals surface area contributed by atoms with Crippen LogP contribution in [0.3, 0.4) is 0 Å². The van der Waals surface area contributed by atoms with E-state index in [4.69, 9.17) is 4.74 Å². The number of aromatic nitrogens is 3. The molecule has 0 unspecified atom stereocenters. The average molecular weight is 371 g/mol. The Labute approximate surface area is 160 Å². The van der Waals surface area contributed by atoms with E-state index in [1.54, 1.807) is 7.11 Å². The molecular weight excluding hydrogens is 342 g/mol. The Balaban J connectivity index is 1.69. The Bertz CT molecular complexity index is 786. The number of nitrogens with zero attached hydrogens (tertiary/aromatic N) is 5. The van der Waals surface area contributed by atoms with Gasteiger partial charge in [0.2, 0.25) is 5.91 Å². The van der Waals surface area contributed by atoms with Gasteiger partial charge in [-0.25, -0.2) is 0 Å². The Hall–Kier alpha value is -2.41. The van der Waals surface area contributed by atoms with Crippen molar-refractivity contribution < 1.29 is 9.53 Å². The molecule has 3 rings (SSSR count). The van der Waals surface area contributed by atoms with Crippen LogP contribution in [0.25, 0.3) is 0 Å². The van der Waals surface area contributed by atoms with Crippen LogP contribution in [-0.2, 0) is 24.8 Å². The Morgan fingerprint density at radius 1 is 1.30 bits per heavy atom. The van der Waals surface area contributed by atoms with E-state index in [0.717, 1.165) is 48.9 Å². The topological polar surface area (TPSA) is 63.5 Å². The number of amides is 1. The van der Waals surface area contributed by atoms with Crippen molar-refractivity contribution in [3.8, 4) is 5.75 Å². The van der Waals surface area contributed by atoms with E-state index in [2.05, 4.69) is 19.7 Å². The number of benzene rings is 1. The molecule has 2 heterocycles. The average Bonchev–Trinajstić information content (AvgIpc) is 3.02. The third-order valence-electron chi connectivity index (χ3n) is 5.13. The summed E-state index contributed by atoms with van der Waals surface area (Å²) in [5.41, 5.74) is 0.930. The molecule has 0 bridgehead atoms. The zero-order valence-corrected chi connectivity index (χ0v) is 16.7. The number of likely N-dealkylation sites (tertiary alicyclic amines) is 1. The predicted molar refractivity (Wildman–Crippen MR) is 104 cm³/mol. The minimum atomic E-state index is 0.139. The molecule has 1 fully saturated rings. The number of ether oxygens (including phenoxy) is 1. The minimum absolute atomic E-state index is 0.139. The molecule has 7 nitrogen and oxygen atoms in total. The summed E-state index contributed by atoms with van der Waals surface area (Å²) in [7, 11) is 7.70. The highest BCUT2D eigenvalue weighted by atomic mass is 16.5. The van der Waals surface area contributed by atoms with Crippen molar-refractivity contribution in [2.75, 3.05) is 34.3 Å². The lowest BCUT2D eigenvalue weighted by Gasteiger charge is -2.32. The second-order valence-electron chi connectivity index (χ2n) is 7.44. The van der Waals surface area contributed by atoms with Gasteiger partial charge in [0.05, 0.1) is 20.1 Å². The second-order valence-corrected chi connectivity index (χ2v) is 7.44. The molecule has 0 aliphatic carbocycles. The third kappa shape index (κ3) is 4.47. The number of piperidine rings is 1. The molecule has 0 radical (unpaired) electrons. The van der Waals surface area contributed by atoms with Crippen molar-refractivity contribution in [1.82, 2.24) is 24.6 Å². The molecule has 1 amide bonds. The van der Waals surface area contributed by atoms with E-state index in [1.165, 1.54) is 0 Å². The summed E-state index contributed by atoms with van der Waals surface area (Å²) in [6, 6.07) is 7.71. The van der Waals surface area contributed by atoms with Crippen molar-refractivity contribution in [3.63, 3.8) is 0 Å². The van der Waals surface area contributed by atoms with Crippen LogP contribution in [-0.4, -0.2) is 64.8 Å². The smallest absolute Gasteiger partial charge is 0.227 e. The van der Waals surface area contributed by atoms with Gasteiger partial charge in [-0.15, -0.1) is 10.2 Å². The third-order valence-corrected chi connectivity index (χ3v) is 5.13. The summed E-state index contributed by atoms with van der Waals surface area (Å²) in [5.74, 6) is 3.06. The fourth-order valence-electron chi connectivity index (χ4n) is 3.69. The van der Waals surface area contributed by atoms with E-state index in [1.807, 2.05) is 50.3 Å². The molecule has 0 saturated carbocycles. The number of methoxy groups -OCH3 is 1. The van der Waals surface area contributed by atoms with Crippen LogP contribution in [0.1, 0.15) is 36.0 Å². The van der Waals surface area contributed by atoms with Gasteiger partial charge in [0.25, 0.3) is 0 Å². The lowest BCUT2D eigenvalue weighted by molar-refractivity contribution is -0.131. The molecule has 7 heteroatoms.